The topological polar surface area (TPSA) is 55.0 Å². The Morgan fingerprint density at radius 2 is 1.61 bits per heavy atom. The number of hydrogen-bond donors (Lipinski definition) is 1. The summed E-state index contributed by atoms with van der Waals surface area (Å²) < 4.78 is 0. The van der Waals surface area contributed by atoms with Gasteiger partial charge in [-0.25, -0.2) is 9.97 Å². The molecule has 0 radical (unpaired) electrons. The van der Waals surface area contributed by atoms with E-state index in [0.717, 1.165) is 18.1 Å². The fraction of sp³-hybridized carbons (Fsp3) is 0.714. The van der Waals surface area contributed by atoms with Gasteiger partial charge in [-0.2, -0.15) is 0 Å². The molecular formula is C14H26N4. The van der Waals surface area contributed by atoms with E-state index in [-0.39, 0.29) is 10.8 Å². The van der Waals surface area contributed by atoms with Crippen LogP contribution in [0.5, 0.6) is 0 Å². The van der Waals surface area contributed by atoms with E-state index < -0.39 is 0 Å². The molecule has 0 aliphatic heterocycles. The molecule has 0 bridgehead atoms. The Morgan fingerprint density at radius 3 is 2.00 bits per heavy atom. The maximum absolute atomic E-state index is 5.75. The molecule has 1 heterocycles. The first-order valence-corrected chi connectivity index (χ1v) is 6.39. The summed E-state index contributed by atoms with van der Waals surface area (Å²) in [4.78, 5) is 10.9. The van der Waals surface area contributed by atoms with Crippen LogP contribution in [0.1, 0.15) is 40.2 Å². The number of aromatic nitrogens is 2. The van der Waals surface area contributed by atoms with Crippen LogP contribution in [-0.4, -0.2) is 30.1 Å². The van der Waals surface area contributed by atoms with Crippen LogP contribution >= 0.6 is 0 Å². The number of hydrogen-bond acceptors (Lipinski definition) is 4. The zero-order valence-corrected chi connectivity index (χ0v) is 12.5. The Balaban J connectivity index is 2.80. The maximum Gasteiger partial charge on any atom is 0.225 e. The van der Waals surface area contributed by atoms with Crippen molar-refractivity contribution in [3.8, 4) is 0 Å². The van der Waals surface area contributed by atoms with Crippen molar-refractivity contribution in [2.24, 2.45) is 11.1 Å². The highest BCUT2D eigenvalue weighted by Crippen LogP contribution is 2.22. The lowest BCUT2D eigenvalue weighted by Gasteiger charge is -2.29. The van der Waals surface area contributed by atoms with Crippen LogP contribution in [0.3, 0.4) is 0 Å². The molecule has 0 aliphatic rings. The second-order valence-corrected chi connectivity index (χ2v) is 6.75. The highest BCUT2D eigenvalue weighted by Gasteiger charge is 2.20. The summed E-state index contributed by atoms with van der Waals surface area (Å²) in [6.07, 6.45) is 3.82. The molecule has 0 unspecified atom stereocenters. The minimum atomic E-state index is 0.0702. The first kappa shape index (κ1) is 14.9. The summed E-state index contributed by atoms with van der Waals surface area (Å²) in [5.41, 5.74) is 7.06. The van der Waals surface area contributed by atoms with Crippen molar-refractivity contribution in [1.29, 1.82) is 0 Å². The van der Waals surface area contributed by atoms with Crippen molar-refractivity contribution in [2.75, 3.05) is 25.0 Å². The van der Waals surface area contributed by atoms with Crippen molar-refractivity contribution in [1.82, 2.24) is 9.97 Å². The van der Waals surface area contributed by atoms with Gasteiger partial charge in [0, 0.05) is 26.0 Å². The van der Waals surface area contributed by atoms with Crippen LogP contribution in [0.15, 0.2) is 12.4 Å². The standard InChI is InChI=1S/C14H26N4/c1-13(2,3)11-7-16-12(17-8-11)18(6)10-14(4,5)9-15/h7-8H,9-10,15H2,1-6H3. The lowest BCUT2D eigenvalue weighted by molar-refractivity contribution is 0.383. The Kier molecular flexibility index (Phi) is 4.32. The highest BCUT2D eigenvalue weighted by atomic mass is 15.2. The van der Waals surface area contributed by atoms with Crippen LogP contribution in [0.2, 0.25) is 0 Å². The second kappa shape index (κ2) is 5.22. The molecule has 1 aromatic heterocycles. The molecule has 4 heteroatoms. The molecule has 0 spiro atoms. The van der Waals surface area contributed by atoms with Crippen molar-refractivity contribution in [3.63, 3.8) is 0 Å². The van der Waals surface area contributed by atoms with Gasteiger partial charge in [0.05, 0.1) is 0 Å². The molecular weight excluding hydrogens is 224 g/mol. The number of nitrogens with two attached hydrogens (primary N) is 1. The highest BCUT2D eigenvalue weighted by molar-refractivity contribution is 5.30. The molecule has 0 saturated carbocycles. The minimum Gasteiger partial charge on any atom is -0.343 e. The molecule has 2 N–H and O–H groups in total. The molecule has 0 saturated heterocycles. The van der Waals surface area contributed by atoms with Gasteiger partial charge in [-0.15, -0.1) is 0 Å². The normalized spacial score (nSPS) is 12.6. The first-order valence-electron chi connectivity index (χ1n) is 6.39. The van der Waals surface area contributed by atoms with E-state index in [4.69, 9.17) is 5.73 Å². The third-order valence-electron chi connectivity index (χ3n) is 3.06. The van der Waals surface area contributed by atoms with Gasteiger partial charge < -0.3 is 10.6 Å². The van der Waals surface area contributed by atoms with Crippen LogP contribution in [0, 0.1) is 5.41 Å². The van der Waals surface area contributed by atoms with Crippen LogP contribution in [0.25, 0.3) is 0 Å². The van der Waals surface area contributed by atoms with Gasteiger partial charge in [0.25, 0.3) is 0 Å². The van der Waals surface area contributed by atoms with Gasteiger partial charge >= 0.3 is 0 Å². The summed E-state index contributed by atoms with van der Waals surface area (Å²) in [6.45, 7) is 12.3. The molecule has 0 fully saturated rings. The molecule has 4 nitrogen and oxygen atoms in total. The largest absolute Gasteiger partial charge is 0.343 e. The number of nitrogens with zero attached hydrogens (tertiary/aromatic N) is 3. The lowest BCUT2D eigenvalue weighted by Crippen LogP contribution is -2.37. The molecule has 0 amide bonds. The quantitative estimate of drug-likeness (QED) is 0.890. The second-order valence-electron chi connectivity index (χ2n) is 6.75. The Labute approximate surface area is 111 Å². The molecule has 0 aliphatic carbocycles. The molecule has 0 aromatic carbocycles. The van der Waals surface area contributed by atoms with Gasteiger partial charge in [-0.3, -0.25) is 0 Å². The Bertz CT molecular complexity index is 376. The minimum absolute atomic E-state index is 0.0702. The third-order valence-corrected chi connectivity index (χ3v) is 3.06. The molecule has 1 rings (SSSR count). The van der Waals surface area contributed by atoms with Crippen molar-refractivity contribution in [2.45, 2.75) is 40.0 Å². The van der Waals surface area contributed by atoms with E-state index in [1.54, 1.807) is 0 Å². The SMILES string of the molecule is CN(CC(C)(C)CN)c1ncc(C(C)(C)C)cn1. The average Bonchev–Trinajstić information content (AvgIpc) is 2.27. The van der Waals surface area contributed by atoms with Gasteiger partial charge in [0.15, 0.2) is 0 Å². The van der Waals surface area contributed by atoms with Crippen molar-refractivity contribution in [3.05, 3.63) is 18.0 Å². The van der Waals surface area contributed by atoms with E-state index in [1.165, 1.54) is 0 Å². The summed E-state index contributed by atoms with van der Waals surface area (Å²) in [5.74, 6) is 0.754. The lowest BCUT2D eigenvalue weighted by atomic mass is 9.89. The average molecular weight is 250 g/mol. The smallest absolute Gasteiger partial charge is 0.225 e. The monoisotopic (exact) mass is 250 g/mol. The zero-order valence-electron chi connectivity index (χ0n) is 12.5. The first-order chi connectivity index (χ1) is 8.15. The fourth-order valence-electron chi connectivity index (χ4n) is 1.68. The van der Waals surface area contributed by atoms with E-state index in [2.05, 4.69) is 49.5 Å². The van der Waals surface area contributed by atoms with Gasteiger partial charge in [0.2, 0.25) is 5.95 Å². The summed E-state index contributed by atoms with van der Waals surface area (Å²) >= 11 is 0. The number of rotatable bonds is 4. The van der Waals surface area contributed by atoms with Crippen molar-refractivity contribution >= 4 is 5.95 Å². The van der Waals surface area contributed by atoms with Crippen LogP contribution in [0.4, 0.5) is 5.95 Å². The van der Waals surface area contributed by atoms with E-state index >= 15 is 0 Å². The Morgan fingerprint density at radius 1 is 1.11 bits per heavy atom. The predicted molar refractivity (Wildman–Crippen MR) is 76.8 cm³/mol. The predicted octanol–water partition coefficient (Wildman–Crippen LogP) is 2.20. The maximum atomic E-state index is 5.75. The van der Waals surface area contributed by atoms with E-state index in [9.17, 15) is 0 Å². The van der Waals surface area contributed by atoms with E-state index in [0.29, 0.717) is 6.54 Å². The van der Waals surface area contributed by atoms with Crippen LogP contribution < -0.4 is 10.6 Å². The Hall–Kier alpha value is -1.16. The molecule has 18 heavy (non-hydrogen) atoms. The summed E-state index contributed by atoms with van der Waals surface area (Å²) in [5, 5.41) is 0. The van der Waals surface area contributed by atoms with E-state index in [1.807, 2.05) is 19.4 Å². The molecule has 1 aromatic rings. The summed E-state index contributed by atoms with van der Waals surface area (Å²) in [6, 6.07) is 0. The van der Waals surface area contributed by atoms with Crippen LogP contribution in [-0.2, 0) is 5.41 Å². The molecule has 102 valence electrons. The van der Waals surface area contributed by atoms with Gasteiger partial charge in [-0.1, -0.05) is 34.6 Å². The zero-order chi connectivity index (χ0) is 14.0. The summed E-state index contributed by atoms with van der Waals surface area (Å²) in [7, 11) is 2.00. The fourth-order valence-corrected chi connectivity index (χ4v) is 1.68. The molecule has 0 atom stereocenters. The van der Waals surface area contributed by atoms with Crippen molar-refractivity contribution < 1.29 is 0 Å². The third kappa shape index (κ3) is 3.95. The number of anilines is 1. The van der Waals surface area contributed by atoms with Gasteiger partial charge in [-0.05, 0) is 22.9 Å². The van der Waals surface area contributed by atoms with Gasteiger partial charge in [0.1, 0.15) is 0 Å².